The molecular formula is C22H31F3O. The molecule has 0 spiro atoms. The normalized spacial score (nSPS) is 15.1. The number of Topliss-reactive ketones (excluding diaryl/α,β-unsaturated/α-hetero) is 1. The van der Waals surface area contributed by atoms with Crippen LogP contribution in [0.5, 0.6) is 0 Å². The number of carbonyl (C=O) groups excluding carboxylic acids is 1. The number of hydrogen-bond acceptors (Lipinski definition) is 1. The Balaban J connectivity index is 1.98. The number of unbranched alkanes of at least 4 members (excludes halogenated alkanes) is 3. The maximum absolute atomic E-state index is 12.0. The van der Waals surface area contributed by atoms with Crippen molar-refractivity contribution in [3.8, 4) is 0 Å². The molecule has 0 fully saturated rings. The van der Waals surface area contributed by atoms with Gasteiger partial charge in [-0.05, 0) is 51.4 Å². The number of alkyl halides is 3. The molecule has 0 aliphatic heterocycles. The summed E-state index contributed by atoms with van der Waals surface area (Å²) in [6.45, 7) is 2.23. The van der Waals surface area contributed by atoms with Crippen LogP contribution in [0.3, 0.4) is 0 Å². The van der Waals surface area contributed by atoms with Crippen molar-refractivity contribution in [2.75, 3.05) is 0 Å². The molecule has 0 bridgehead atoms. The third-order valence-corrected chi connectivity index (χ3v) is 4.38. The predicted molar refractivity (Wildman–Crippen MR) is 102 cm³/mol. The fourth-order valence-electron chi connectivity index (χ4n) is 2.69. The highest BCUT2D eigenvalue weighted by molar-refractivity contribution is 5.83. The highest BCUT2D eigenvalue weighted by Gasteiger charge is 2.36. The first-order valence-corrected chi connectivity index (χ1v) is 9.70. The van der Waals surface area contributed by atoms with E-state index in [1.807, 2.05) is 18.2 Å². The average molecular weight is 368 g/mol. The maximum Gasteiger partial charge on any atom is 0.449 e. The second-order valence-electron chi connectivity index (χ2n) is 6.74. The van der Waals surface area contributed by atoms with Crippen LogP contribution in [0, 0.1) is 0 Å². The van der Waals surface area contributed by atoms with E-state index in [0.717, 1.165) is 19.3 Å². The van der Waals surface area contributed by atoms with Crippen LogP contribution in [0.4, 0.5) is 13.2 Å². The molecule has 26 heavy (non-hydrogen) atoms. The zero-order valence-corrected chi connectivity index (χ0v) is 15.8. The number of hydrogen-bond donors (Lipinski definition) is 0. The Morgan fingerprint density at radius 3 is 2.23 bits per heavy atom. The Bertz CT molecular complexity index is 536. The van der Waals surface area contributed by atoms with Gasteiger partial charge in [0.05, 0.1) is 0 Å². The van der Waals surface area contributed by atoms with Crippen molar-refractivity contribution in [2.45, 2.75) is 83.7 Å². The fraction of sp³-hybridized carbons (Fsp3) is 0.591. The second kappa shape index (κ2) is 12.7. The summed E-state index contributed by atoms with van der Waals surface area (Å²) in [5.41, 5.74) is 3.29. The van der Waals surface area contributed by atoms with Crippen LogP contribution >= 0.6 is 0 Å². The highest BCUT2D eigenvalue weighted by Crippen LogP contribution is 2.37. The van der Waals surface area contributed by atoms with Gasteiger partial charge in [0.15, 0.2) is 0 Å². The monoisotopic (exact) mass is 368 g/mol. The van der Waals surface area contributed by atoms with E-state index in [9.17, 15) is 18.0 Å². The van der Waals surface area contributed by atoms with Crippen LogP contribution in [0.25, 0.3) is 0 Å². The SMILES string of the molecule is CCCCCC1=C(C/C=C\C/C=C\C/C=C\CCCC(=O)C(F)(F)F)C1. The number of ketones is 1. The second-order valence-corrected chi connectivity index (χ2v) is 6.74. The lowest BCUT2D eigenvalue weighted by Crippen LogP contribution is -2.22. The van der Waals surface area contributed by atoms with E-state index in [1.54, 1.807) is 11.1 Å². The van der Waals surface area contributed by atoms with Gasteiger partial charge in [0.1, 0.15) is 0 Å². The van der Waals surface area contributed by atoms with Crippen molar-refractivity contribution < 1.29 is 18.0 Å². The van der Waals surface area contributed by atoms with E-state index in [2.05, 4.69) is 25.2 Å². The first kappa shape index (κ1) is 22.5. The van der Waals surface area contributed by atoms with Crippen molar-refractivity contribution in [1.29, 1.82) is 0 Å². The van der Waals surface area contributed by atoms with E-state index in [1.165, 1.54) is 32.1 Å². The minimum Gasteiger partial charge on any atom is -0.290 e. The van der Waals surface area contributed by atoms with Crippen LogP contribution in [0.15, 0.2) is 47.6 Å². The minimum atomic E-state index is -4.69. The van der Waals surface area contributed by atoms with Gasteiger partial charge in [0.2, 0.25) is 5.78 Å². The molecule has 0 amide bonds. The Morgan fingerprint density at radius 2 is 1.58 bits per heavy atom. The van der Waals surface area contributed by atoms with Crippen molar-refractivity contribution in [2.24, 2.45) is 0 Å². The maximum atomic E-state index is 12.0. The zero-order chi connectivity index (χ0) is 19.3. The van der Waals surface area contributed by atoms with Gasteiger partial charge in [-0.1, -0.05) is 67.4 Å². The summed E-state index contributed by atoms with van der Waals surface area (Å²) in [5.74, 6) is -1.63. The summed E-state index contributed by atoms with van der Waals surface area (Å²) in [4.78, 5) is 10.7. The third kappa shape index (κ3) is 11.1. The molecular weight excluding hydrogens is 337 g/mol. The summed E-state index contributed by atoms with van der Waals surface area (Å²) >= 11 is 0. The van der Waals surface area contributed by atoms with Gasteiger partial charge in [0.25, 0.3) is 0 Å². The van der Waals surface area contributed by atoms with Gasteiger partial charge < -0.3 is 0 Å². The Hall–Kier alpha value is -1.58. The van der Waals surface area contributed by atoms with Crippen molar-refractivity contribution >= 4 is 5.78 Å². The Morgan fingerprint density at radius 1 is 0.923 bits per heavy atom. The summed E-state index contributed by atoms with van der Waals surface area (Å²) in [6.07, 6.45) is 17.2. The largest absolute Gasteiger partial charge is 0.449 e. The summed E-state index contributed by atoms with van der Waals surface area (Å²) in [7, 11) is 0. The molecule has 0 aromatic heterocycles. The van der Waals surface area contributed by atoms with Crippen LogP contribution in [0.2, 0.25) is 0 Å². The van der Waals surface area contributed by atoms with Gasteiger partial charge in [-0.2, -0.15) is 13.2 Å². The van der Waals surface area contributed by atoms with E-state index < -0.39 is 18.4 Å². The molecule has 0 heterocycles. The summed E-state index contributed by atoms with van der Waals surface area (Å²) in [6, 6.07) is 0. The van der Waals surface area contributed by atoms with E-state index in [-0.39, 0.29) is 6.42 Å². The first-order chi connectivity index (χ1) is 12.4. The lowest BCUT2D eigenvalue weighted by molar-refractivity contribution is -0.171. The van der Waals surface area contributed by atoms with E-state index in [0.29, 0.717) is 6.42 Å². The molecule has 4 heteroatoms. The van der Waals surface area contributed by atoms with Crippen LogP contribution in [-0.4, -0.2) is 12.0 Å². The molecule has 0 saturated carbocycles. The standard InChI is InChI=1S/C22H31F3O/c1-2-3-12-15-19-18-20(19)16-13-10-8-6-4-5-7-9-11-14-17-21(26)22(23,24)25/h4,6-7,9-10,13H,2-3,5,8,11-12,14-18H2,1H3/b6-4-,9-7-,13-10-. The molecule has 0 saturated heterocycles. The topological polar surface area (TPSA) is 17.1 Å². The first-order valence-electron chi connectivity index (χ1n) is 9.70. The minimum absolute atomic E-state index is 0.248. The molecule has 0 aromatic rings. The van der Waals surface area contributed by atoms with Gasteiger partial charge >= 0.3 is 6.18 Å². The lowest BCUT2D eigenvalue weighted by atomic mass is 10.1. The zero-order valence-electron chi connectivity index (χ0n) is 15.8. The van der Waals surface area contributed by atoms with E-state index >= 15 is 0 Å². The third-order valence-electron chi connectivity index (χ3n) is 4.38. The smallest absolute Gasteiger partial charge is 0.290 e. The molecule has 0 N–H and O–H groups in total. The average Bonchev–Trinajstić information content (AvgIpc) is 3.33. The van der Waals surface area contributed by atoms with Crippen molar-refractivity contribution in [1.82, 2.24) is 0 Å². The van der Waals surface area contributed by atoms with E-state index in [4.69, 9.17) is 0 Å². The number of carbonyl (C=O) groups is 1. The number of rotatable bonds is 14. The van der Waals surface area contributed by atoms with Gasteiger partial charge in [-0.15, -0.1) is 0 Å². The lowest BCUT2D eigenvalue weighted by Gasteiger charge is -2.02. The summed E-state index contributed by atoms with van der Waals surface area (Å²) in [5, 5.41) is 0. The van der Waals surface area contributed by atoms with Gasteiger partial charge in [-0.3, -0.25) is 4.79 Å². The van der Waals surface area contributed by atoms with Crippen LogP contribution in [0.1, 0.15) is 77.6 Å². The number of allylic oxidation sites excluding steroid dienone is 8. The molecule has 0 aromatic carbocycles. The van der Waals surface area contributed by atoms with Gasteiger partial charge in [0, 0.05) is 6.42 Å². The fourth-order valence-corrected chi connectivity index (χ4v) is 2.69. The van der Waals surface area contributed by atoms with Crippen molar-refractivity contribution in [3.05, 3.63) is 47.6 Å². The molecule has 146 valence electrons. The molecule has 1 aliphatic carbocycles. The predicted octanol–water partition coefficient (Wildman–Crippen LogP) is 7.41. The van der Waals surface area contributed by atoms with Gasteiger partial charge in [-0.25, -0.2) is 0 Å². The van der Waals surface area contributed by atoms with Crippen LogP contribution in [-0.2, 0) is 4.79 Å². The van der Waals surface area contributed by atoms with Crippen LogP contribution < -0.4 is 0 Å². The molecule has 0 unspecified atom stereocenters. The molecule has 0 atom stereocenters. The highest BCUT2D eigenvalue weighted by atomic mass is 19.4. The quantitative estimate of drug-likeness (QED) is 0.230. The molecule has 1 nitrogen and oxygen atoms in total. The molecule has 1 rings (SSSR count). The summed E-state index contributed by atoms with van der Waals surface area (Å²) < 4.78 is 36.0. The Kier molecular flexibility index (Phi) is 11.0. The molecule has 1 aliphatic rings. The number of halogens is 3. The molecule has 0 radical (unpaired) electrons. The Labute approximate surface area is 155 Å². The van der Waals surface area contributed by atoms with Crippen molar-refractivity contribution in [3.63, 3.8) is 0 Å².